The van der Waals surface area contributed by atoms with Gasteiger partial charge in [0.25, 0.3) is 5.91 Å². The summed E-state index contributed by atoms with van der Waals surface area (Å²) < 4.78 is 0. The molecule has 3 heterocycles. The molecule has 1 aromatic carbocycles. The Morgan fingerprint density at radius 1 is 1.30 bits per heavy atom. The minimum Gasteiger partial charge on any atom is -0.404 e. The molecule has 0 aliphatic carbocycles. The first-order valence-electron chi connectivity index (χ1n) is 8.98. The van der Waals surface area contributed by atoms with E-state index in [2.05, 4.69) is 30.8 Å². The van der Waals surface area contributed by atoms with Crippen LogP contribution in [0.25, 0.3) is 10.9 Å². The summed E-state index contributed by atoms with van der Waals surface area (Å²) in [6, 6.07) is 10.9. The van der Waals surface area contributed by atoms with E-state index in [-0.39, 0.29) is 5.57 Å². The topological polar surface area (TPSA) is 121 Å². The van der Waals surface area contributed by atoms with Crippen LogP contribution in [0.1, 0.15) is 0 Å². The van der Waals surface area contributed by atoms with Crippen LogP contribution in [0, 0.1) is 0 Å². The summed E-state index contributed by atoms with van der Waals surface area (Å²) in [5, 5.41) is 9.46. The van der Waals surface area contributed by atoms with E-state index in [1.165, 1.54) is 23.7 Å². The van der Waals surface area contributed by atoms with Crippen LogP contribution >= 0.6 is 11.6 Å². The molecule has 0 bridgehead atoms. The van der Waals surface area contributed by atoms with Gasteiger partial charge in [0, 0.05) is 30.2 Å². The van der Waals surface area contributed by atoms with E-state index in [1.54, 1.807) is 18.5 Å². The largest absolute Gasteiger partial charge is 0.404 e. The summed E-state index contributed by atoms with van der Waals surface area (Å²) in [4.78, 5) is 25.5. The predicted octanol–water partition coefficient (Wildman–Crippen LogP) is 2.78. The molecule has 0 atom stereocenters. The number of nitrogens with one attached hydrogen (secondary N) is 2. The first-order chi connectivity index (χ1) is 14.7. The first kappa shape index (κ1) is 19.5. The zero-order chi connectivity index (χ0) is 20.9. The molecule has 1 aliphatic heterocycles. The number of carbonyl (C=O) groups excluding carboxylic acids is 1. The zero-order valence-corrected chi connectivity index (χ0v) is 16.4. The Morgan fingerprint density at radius 3 is 2.97 bits per heavy atom. The zero-order valence-electron chi connectivity index (χ0n) is 15.7. The molecule has 150 valence electrons. The Kier molecular flexibility index (Phi) is 5.64. The van der Waals surface area contributed by atoms with Crippen LogP contribution in [-0.2, 0) is 4.79 Å². The van der Waals surface area contributed by atoms with Gasteiger partial charge in [-0.1, -0.05) is 17.7 Å². The third-order valence-electron chi connectivity index (χ3n) is 4.22. The Bertz CT molecular complexity index is 1190. The lowest BCUT2D eigenvalue weighted by Crippen LogP contribution is -2.29. The van der Waals surface area contributed by atoms with Crippen molar-refractivity contribution in [3.63, 3.8) is 0 Å². The Morgan fingerprint density at radius 2 is 2.20 bits per heavy atom. The number of benzene rings is 1. The number of pyridine rings is 2. The van der Waals surface area contributed by atoms with Gasteiger partial charge in [0.15, 0.2) is 5.82 Å². The molecule has 9 nitrogen and oxygen atoms in total. The van der Waals surface area contributed by atoms with Crippen molar-refractivity contribution in [1.82, 2.24) is 15.4 Å². The number of aliphatic imine (C=N–C) groups is 1. The van der Waals surface area contributed by atoms with Gasteiger partial charge in [-0.3, -0.25) is 14.8 Å². The number of hydrazone groups is 1. The van der Waals surface area contributed by atoms with E-state index in [4.69, 9.17) is 17.3 Å². The monoisotopic (exact) mass is 420 g/mol. The maximum Gasteiger partial charge on any atom is 0.258 e. The molecular formula is C20H17ClN8O. The number of hydrazine groups is 1. The van der Waals surface area contributed by atoms with Gasteiger partial charge in [0.05, 0.1) is 40.2 Å². The van der Waals surface area contributed by atoms with Crippen molar-refractivity contribution < 1.29 is 4.79 Å². The lowest BCUT2D eigenvalue weighted by atomic mass is 10.2. The number of hydrogen-bond donors (Lipinski definition) is 3. The van der Waals surface area contributed by atoms with Gasteiger partial charge in [0.1, 0.15) is 0 Å². The number of halogens is 1. The molecule has 10 heteroatoms. The van der Waals surface area contributed by atoms with Crippen LogP contribution in [0.3, 0.4) is 0 Å². The van der Waals surface area contributed by atoms with Crippen LogP contribution in [-0.4, -0.2) is 34.8 Å². The smallest absolute Gasteiger partial charge is 0.258 e. The van der Waals surface area contributed by atoms with Gasteiger partial charge in [-0.2, -0.15) is 10.2 Å². The number of aromatic nitrogens is 2. The average molecular weight is 421 g/mol. The fourth-order valence-corrected chi connectivity index (χ4v) is 3.04. The number of nitrogens with zero attached hydrogens (tertiary/aromatic N) is 5. The van der Waals surface area contributed by atoms with Crippen LogP contribution in [0.15, 0.2) is 70.7 Å². The first-order valence-corrected chi connectivity index (χ1v) is 9.36. The normalized spacial score (nSPS) is 14.0. The van der Waals surface area contributed by atoms with Gasteiger partial charge in [-0.05, 0) is 30.3 Å². The highest BCUT2D eigenvalue weighted by Gasteiger charge is 2.15. The summed E-state index contributed by atoms with van der Waals surface area (Å²) >= 11 is 6.26. The predicted molar refractivity (Wildman–Crippen MR) is 119 cm³/mol. The van der Waals surface area contributed by atoms with Gasteiger partial charge in [-0.25, -0.2) is 10.4 Å². The van der Waals surface area contributed by atoms with Crippen molar-refractivity contribution in [3.8, 4) is 0 Å². The highest BCUT2D eigenvalue weighted by molar-refractivity contribution is 6.33. The van der Waals surface area contributed by atoms with E-state index in [9.17, 15) is 4.79 Å². The SMILES string of the molecule is NC=C(C=Nc1cccc2ncccc12)C(=O)Nc1cnc(N2N=CCN2)c(Cl)c1. The summed E-state index contributed by atoms with van der Waals surface area (Å²) in [6.07, 6.45) is 7.48. The summed E-state index contributed by atoms with van der Waals surface area (Å²) in [5.74, 6) is -0.00770. The second-order valence-electron chi connectivity index (χ2n) is 6.18. The fraction of sp³-hybridized carbons (Fsp3) is 0.0500. The number of nitrogens with two attached hydrogens (primary N) is 1. The van der Waals surface area contributed by atoms with E-state index in [0.29, 0.717) is 28.8 Å². The molecule has 0 unspecified atom stereocenters. The van der Waals surface area contributed by atoms with Crippen molar-refractivity contribution >= 4 is 58.0 Å². The Balaban J connectivity index is 1.50. The maximum atomic E-state index is 12.6. The lowest BCUT2D eigenvalue weighted by Gasteiger charge is -2.15. The summed E-state index contributed by atoms with van der Waals surface area (Å²) in [6.45, 7) is 0.591. The van der Waals surface area contributed by atoms with Crippen molar-refractivity contribution in [1.29, 1.82) is 0 Å². The molecule has 2 aromatic heterocycles. The number of fused-ring (bicyclic) bond motifs is 1. The van der Waals surface area contributed by atoms with E-state index in [1.807, 2.05) is 30.3 Å². The highest BCUT2D eigenvalue weighted by atomic mass is 35.5. The fourth-order valence-electron chi connectivity index (χ4n) is 2.79. The number of anilines is 2. The highest BCUT2D eigenvalue weighted by Crippen LogP contribution is 2.26. The molecular weight excluding hydrogens is 404 g/mol. The van der Waals surface area contributed by atoms with Crippen molar-refractivity contribution in [3.05, 3.63) is 65.6 Å². The molecule has 0 radical (unpaired) electrons. The summed E-state index contributed by atoms with van der Waals surface area (Å²) in [7, 11) is 0. The van der Waals surface area contributed by atoms with Crippen LogP contribution < -0.4 is 21.6 Å². The number of rotatable bonds is 5. The Labute approximate surface area is 176 Å². The number of hydrogen-bond acceptors (Lipinski definition) is 8. The second kappa shape index (κ2) is 8.68. The maximum absolute atomic E-state index is 12.6. The van der Waals surface area contributed by atoms with Crippen LogP contribution in [0.5, 0.6) is 0 Å². The molecule has 30 heavy (non-hydrogen) atoms. The van der Waals surface area contributed by atoms with Gasteiger partial charge in [0.2, 0.25) is 0 Å². The van der Waals surface area contributed by atoms with Crippen molar-refractivity contribution in [2.45, 2.75) is 0 Å². The van der Waals surface area contributed by atoms with Crippen molar-refractivity contribution in [2.24, 2.45) is 15.8 Å². The quantitative estimate of drug-likeness (QED) is 0.431. The van der Waals surface area contributed by atoms with E-state index in [0.717, 1.165) is 10.9 Å². The average Bonchev–Trinajstić information content (AvgIpc) is 3.29. The molecule has 1 amide bonds. The second-order valence-corrected chi connectivity index (χ2v) is 6.59. The van der Waals surface area contributed by atoms with Crippen LogP contribution in [0.2, 0.25) is 5.02 Å². The van der Waals surface area contributed by atoms with E-state index >= 15 is 0 Å². The standard InChI is InChI=1S/C20H17ClN8O/c21-16-9-14(12-25-19(16)29-26-7-8-27-29)28-20(30)13(10-22)11-24-18-5-1-4-17-15(18)3-2-6-23-17/h1-7,9-12,27H,8,22H2,(H,28,30). The summed E-state index contributed by atoms with van der Waals surface area (Å²) in [5.41, 5.74) is 10.7. The Hall–Kier alpha value is -3.82. The molecule has 0 fully saturated rings. The molecule has 4 N–H and O–H groups in total. The molecule has 0 spiro atoms. The third kappa shape index (κ3) is 4.12. The van der Waals surface area contributed by atoms with Crippen LogP contribution in [0.4, 0.5) is 17.2 Å². The number of carbonyl (C=O) groups is 1. The minimum absolute atomic E-state index is 0.182. The molecule has 3 aromatic rings. The molecule has 0 saturated carbocycles. The van der Waals surface area contributed by atoms with Crippen molar-refractivity contribution in [2.75, 3.05) is 17.0 Å². The molecule has 0 saturated heterocycles. The van der Waals surface area contributed by atoms with Gasteiger partial charge >= 0.3 is 0 Å². The molecule has 4 rings (SSSR count). The third-order valence-corrected chi connectivity index (χ3v) is 4.49. The minimum atomic E-state index is -0.442. The molecule has 1 aliphatic rings. The van der Waals surface area contributed by atoms with Gasteiger partial charge < -0.3 is 11.1 Å². The van der Waals surface area contributed by atoms with Gasteiger partial charge in [-0.15, -0.1) is 0 Å². The van der Waals surface area contributed by atoms with E-state index < -0.39 is 5.91 Å². The number of amides is 1. The lowest BCUT2D eigenvalue weighted by molar-refractivity contribution is -0.112.